The minimum Gasteiger partial charge on any atom is -0.494 e. The molecule has 0 fully saturated rings. The van der Waals surface area contributed by atoms with Crippen molar-refractivity contribution in [1.29, 1.82) is 0 Å². The molecule has 0 amide bonds. The normalized spacial score (nSPS) is 12.6. The molecule has 38 heavy (non-hydrogen) atoms. The Morgan fingerprint density at radius 2 is 1.53 bits per heavy atom. The number of hydrogen-bond acceptors (Lipinski definition) is 6. The van der Waals surface area contributed by atoms with Crippen LogP contribution in [0.4, 0.5) is 0 Å². The van der Waals surface area contributed by atoms with Crippen molar-refractivity contribution in [2.75, 3.05) is 20.8 Å². The summed E-state index contributed by atoms with van der Waals surface area (Å²) in [4.78, 5) is 17.5. The zero-order valence-electron chi connectivity index (χ0n) is 21.7. The highest BCUT2D eigenvalue weighted by molar-refractivity contribution is 6.35. The summed E-state index contributed by atoms with van der Waals surface area (Å²) in [6, 6.07) is 17.2. The van der Waals surface area contributed by atoms with Gasteiger partial charge in [-0.2, -0.15) is 0 Å². The van der Waals surface area contributed by atoms with Gasteiger partial charge in [0, 0.05) is 18.8 Å². The van der Waals surface area contributed by atoms with Crippen molar-refractivity contribution in [2.24, 2.45) is 0 Å². The van der Waals surface area contributed by atoms with Gasteiger partial charge in [-0.3, -0.25) is 9.78 Å². The Kier molecular flexibility index (Phi) is 8.97. The number of methoxy groups -OCH3 is 2. The Hall–Kier alpha value is -3.48. The summed E-state index contributed by atoms with van der Waals surface area (Å²) in [5.41, 5.74) is 2.20. The average molecular weight is 554 g/mol. The van der Waals surface area contributed by atoms with Gasteiger partial charge in [-0.25, -0.2) is 0 Å². The van der Waals surface area contributed by atoms with E-state index in [9.17, 15) is 4.79 Å². The van der Waals surface area contributed by atoms with Crippen LogP contribution in [0.2, 0.25) is 10.0 Å². The van der Waals surface area contributed by atoms with Crippen molar-refractivity contribution in [3.63, 3.8) is 0 Å². The van der Waals surface area contributed by atoms with Gasteiger partial charge >= 0.3 is 5.97 Å². The number of ether oxygens (including phenoxy) is 4. The molecule has 2 atom stereocenters. The summed E-state index contributed by atoms with van der Waals surface area (Å²) >= 11 is 12.8. The molecule has 0 spiro atoms. The molecule has 3 aromatic carbocycles. The number of halogens is 2. The maximum absolute atomic E-state index is 13.5. The first-order valence-corrected chi connectivity index (χ1v) is 13.0. The highest BCUT2D eigenvalue weighted by atomic mass is 35.5. The maximum Gasteiger partial charge on any atom is 0.313 e. The number of carbonyl (C=O) groups is 1. The van der Waals surface area contributed by atoms with Gasteiger partial charge in [-0.15, -0.1) is 0 Å². The molecule has 0 bridgehead atoms. The fourth-order valence-corrected chi connectivity index (χ4v) is 4.76. The van der Waals surface area contributed by atoms with E-state index in [0.29, 0.717) is 39.3 Å². The van der Waals surface area contributed by atoms with Crippen LogP contribution in [-0.4, -0.2) is 31.8 Å². The van der Waals surface area contributed by atoms with Crippen LogP contribution in [0.5, 0.6) is 17.2 Å². The Morgan fingerprint density at radius 3 is 2.21 bits per heavy atom. The number of benzene rings is 3. The van der Waals surface area contributed by atoms with Gasteiger partial charge in [0.2, 0.25) is 0 Å². The molecule has 0 aliphatic heterocycles. The number of fused-ring (bicyclic) bond motifs is 1. The van der Waals surface area contributed by atoms with Crippen LogP contribution in [0.15, 0.2) is 67.0 Å². The smallest absolute Gasteiger partial charge is 0.313 e. The number of esters is 1. The number of pyridine rings is 1. The van der Waals surface area contributed by atoms with Crippen LogP contribution in [0.3, 0.4) is 0 Å². The molecule has 0 aliphatic rings. The van der Waals surface area contributed by atoms with E-state index >= 15 is 0 Å². The van der Waals surface area contributed by atoms with Crippen molar-refractivity contribution in [2.45, 2.75) is 32.3 Å². The molecule has 1 aromatic heterocycles. The van der Waals surface area contributed by atoms with Gasteiger partial charge in [-0.05, 0) is 65.6 Å². The quantitative estimate of drug-likeness (QED) is 0.188. The van der Waals surface area contributed by atoms with Crippen molar-refractivity contribution < 1.29 is 23.7 Å². The fourth-order valence-electron chi connectivity index (χ4n) is 4.25. The molecule has 1 heterocycles. The van der Waals surface area contributed by atoms with E-state index < -0.39 is 12.0 Å². The average Bonchev–Trinajstić information content (AvgIpc) is 2.93. The first kappa shape index (κ1) is 27.6. The van der Waals surface area contributed by atoms with Gasteiger partial charge in [-0.1, -0.05) is 53.5 Å². The lowest BCUT2D eigenvalue weighted by molar-refractivity contribution is -0.150. The summed E-state index contributed by atoms with van der Waals surface area (Å²) < 4.78 is 22.6. The third-order valence-electron chi connectivity index (χ3n) is 6.38. The summed E-state index contributed by atoms with van der Waals surface area (Å²) in [5, 5.41) is 2.84. The predicted molar refractivity (Wildman–Crippen MR) is 150 cm³/mol. The van der Waals surface area contributed by atoms with E-state index in [1.807, 2.05) is 56.3 Å². The summed E-state index contributed by atoms with van der Waals surface area (Å²) in [7, 11) is 3.12. The molecule has 4 aromatic rings. The Morgan fingerprint density at radius 1 is 0.868 bits per heavy atom. The first-order valence-electron chi connectivity index (χ1n) is 12.2. The molecular weight excluding hydrogens is 525 g/mol. The molecule has 0 saturated heterocycles. The SMILES string of the molecule is CCOc1ccc2cc(C(C)C(=O)OC(Cc3c(Cl)cncc3Cl)c3ccc(OC)c(OC)c3)ccc2c1. The lowest BCUT2D eigenvalue weighted by Crippen LogP contribution is -2.19. The molecule has 0 N–H and O–H groups in total. The highest BCUT2D eigenvalue weighted by Crippen LogP contribution is 2.36. The topological polar surface area (TPSA) is 66.9 Å². The van der Waals surface area contributed by atoms with Crippen LogP contribution in [0, 0.1) is 0 Å². The standard InChI is InChI=1S/C30H29Cl2NO5/c1-5-37-23-10-8-20-12-19(6-7-21(20)13-23)18(2)30(34)38-28(15-24-25(31)16-33-17-26(24)32)22-9-11-27(35-3)29(14-22)36-4/h6-14,16-18,28H,5,15H2,1-4H3. The summed E-state index contributed by atoms with van der Waals surface area (Å²) in [6.07, 6.45) is 2.61. The van der Waals surface area contributed by atoms with Crippen LogP contribution >= 0.6 is 23.2 Å². The molecule has 4 rings (SSSR count). The lowest BCUT2D eigenvalue weighted by atomic mass is 9.97. The van der Waals surface area contributed by atoms with E-state index in [2.05, 4.69) is 4.98 Å². The second kappa shape index (κ2) is 12.4. The monoisotopic (exact) mass is 553 g/mol. The minimum atomic E-state index is -0.684. The van der Waals surface area contributed by atoms with Crippen molar-refractivity contribution in [1.82, 2.24) is 4.98 Å². The zero-order valence-corrected chi connectivity index (χ0v) is 23.2. The predicted octanol–water partition coefficient (Wildman–Crippen LogP) is 7.59. The lowest BCUT2D eigenvalue weighted by Gasteiger charge is -2.23. The first-order chi connectivity index (χ1) is 18.3. The molecular formula is C30H29Cl2NO5. The molecule has 2 unspecified atom stereocenters. The number of nitrogens with zero attached hydrogens (tertiary/aromatic N) is 1. The number of carbonyl (C=O) groups excluding carboxylic acids is 1. The van der Waals surface area contributed by atoms with Gasteiger partial charge < -0.3 is 18.9 Å². The maximum atomic E-state index is 13.5. The number of hydrogen-bond donors (Lipinski definition) is 0. The Balaban J connectivity index is 1.63. The van der Waals surface area contributed by atoms with Crippen molar-refractivity contribution in [3.05, 3.63) is 93.7 Å². The fraction of sp³-hybridized carbons (Fsp3) is 0.267. The Labute approximate surface area is 232 Å². The van der Waals surface area contributed by atoms with E-state index in [-0.39, 0.29) is 12.4 Å². The second-order valence-electron chi connectivity index (χ2n) is 8.75. The van der Waals surface area contributed by atoms with E-state index in [0.717, 1.165) is 22.1 Å². The molecule has 0 aliphatic carbocycles. The van der Waals surface area contributed by atoms with Gasteiger partial charge in [0.25, 0.3) is 0 Å². The summed E-state index contributed by atoms with van der Waals surface area (Å²) in [6.45, 7) is 4.38. The number of rotatable bonds is 10. The van der Waals surface area contributed by atoms with Gasteiger partial charge in [0.05, 0.1) is 36.8 Å². The third kappa shape index (κ3) is 6.14. The molecule has 198 valence electrons. The van der Waals surface area contributed by atoms with Crippen LogP contribution < -0.4 is 14.2 Å². The van der Waals surface area contributed by atoms with Gasteiger partial charge in [0.1, 0.15) is 11.9 Å². The molecule has 8 heteroatoms. The van der Waals surface area contributed by atoms with E-state index in [1.54, 1.807) is 26.4 Å². The Bertz CT molecular complexity index is 1420. The summed E-state index contributed by atoms with van der Waals surface area (Å²) in [5.74, 6) is 1.00. The highest BCUT2D eigenvalue weighted by Gasteiger charge is 2.26. The van der Waals surface area contributed by atoms with Crippen molar-refractivity contribution >= 4 is 39.9 Å². The van der Waals surface area contributed by atoms with Crippen molar-refractivity contribution in [3.8, 4) is 17.2 Å². The number of aromatic nitrogens is 1. The second-order valence-corrected chi connectivity index (χ2v) is 9.56. The molecule has 0 saturated carbocycles. The molecule has 0 radical (unpaired) electrons. The van der Waals surface area contributed by atoms with Gasteiger partial charge in [0.15, 0.2) is 11.5 Å². The van der Waals surface area contributed by atoms with Crippen LogP contribution in [0.25, 0.3) is 10.8 Å². The van der Waals surface area contributed by atoms with E-state index in [1.165, 1.54) is 12.4 Å². The largest absolute Gasteiger partial charge is 0.494 e. The van der Waals surface area contributed by atoms with E-state index in [4.69, 9.17) is 42.1 Å². The minimum absolute atomic E-state index is 0.256. The van der Waals surface area contributed by atoms with Crippen LogP contribution in [-0.2, 0) is 16.0 Å². The molecule has 6 nitrogen and oxygen atoms in total. The van der Waals surface area contributed by atoms with Crippen LogP contribution in [0.1, 0.15) is 42.6 Å². The third-order valence-corrected chi connectivity index (χ3v) is 7.03. The zero-order chi connectivity index (χ0) is 27.2.